The molecule has 0 aliphatic heterocycles. The highest BCUT2D eigenvalue weighted by Gasteiger charge is 2.26. The van der Waals surface area contributed by atoms with Crippen LogP contribution in [0.2, 0.25) is 0 Å². The quantitative estimate of drug-likeness (QED) is 0.410. The minimum absolute atomic E-state index is 0.266. The third kappa shape index (κ3) is 6.78. The molecule has 0 saturated heterocycles. The lowest BCUT2D eigenvalue weighted by atomic mass is 10.1. The number of hydrogen-bond acceptors (Lipinski definition) is 4. The highest BCUT2D eigenvalue weighted by Crippen LogP contribution is 2.24. The number of carbonyl (C=O) groups is 2. The van der Waals surface area contributed by atoms with Crippen molar-refractivity contribution < 1.29 is 19.1 Å². The molecule has 10 radical (unpaired) electrons. The van der Waals surface area contributed by atoms with Gasteiger partial charge in [0, 0.05) is 12.8 Å². The summed E-state index contributed by atoms with van der Waals surface area (Å²) in [6.07, 6.45) is 18.6. The molecule has 0 N–H and O–H groups in total. The average molecular weight is 322 g/mol. The van der Waals surface area contributed by atoms with E-state index in [1.807, 2.05) is 6.08 Å². The van der Waals surface area contributed by atoms with Crippen LogP contribution >= 0.6 is 0 Å². The molecule has 0 atom stereocenters. The molecule has 4 nitrogen and oxygen atoms in total. The molecule has 2 aliphatic rings. The Morgan fingerprint density at radius 3 is 2.00 bits per heavy atom. The maximum atomic E-state index is 11.5. The zero-order valence-electron chi connectivity index (χ0n) is 13.2. The monoisotopic (exact) mass is 322 g/mol. The van der Waals surface area contributed by atoms with Crippen molar-refractivity contribution in [2.75, 3.05) is 13.2 Å². The van der Waals surface area contributed by atoms with Crippen LogP contribution in [0, 0.1) is 75.0 Å². The van der Waals surface area contributed by atoms with Crippen LogP contribution in [0.1, 0.15) is 12.8 Å². The van der Waals surface area contributed by atoms with E-state index in [-0.39, 0.29) is 18.5 Å². The molecule has 0 heterocycles. The smallest absolute Gasteiger partial charge is 0.313 e. The Morgan fingerprint density at radius 2 is 1.42 bits per heavy atom. The fourth-order valence-corrected chi connectivity index (χ4v) is 1.87. The fourth-order valence-electron chi connectivity index (χ4n) is 1.87. The summed E-state index contributed by atoms with van der Waals surface area (Å²) in [5.74, 6) is 6.21. The van der Waals surface area contributed by atoms with Crippen LogP contribution in [0.4, 0.5) is 0 Å². The van der Waals surface area contributed by atoms with Gasteiger partial charge in [0.1, 0.15) is 6.61 Å². The Bertz CT molecular complexity index is 486. The first-order valence-corrected chi connectivity index (χ1v) is 7.68. The summed E-state index contributed by atoms with van der Waals surface area (Å²) in [5.41, 5.74) is 0. The predicted octanol–water partition coefficient (Wildman–Crippen LogP) is 2.22. The molecular weight excluding hydrogens is 304 g/mol. The number of esters is 2. The Morgan fingerprint density at radius 1 is 0.875 bits per heavy atom. The predicted molar refractivity (Wildman–Crippen MR) is 89.0 cm³/mol. The van der Waals surface area contributed by atoms with Crippen molar-refractivity contribution in [3.8, 4) is 11.8 Å². The topological polar surface area (TPSA) is 52.6 Å². The zero-order chi connectivity index (χ0) is 17.0. The molecule has 0 unspecified atom stereocenters. The van der Waals surface area contributed by atoms with Gasteiger partial charge in [-0.3, -0.25) is 9.59 Å². The van der Waals surface area contributed by atoms with Crippen LogP contribution in [0.25, 0.3) is 0 Å². The third-order valence-electron chi connectivity index (χ3n) is 3.08. The molecule has 2 aliphatic carbocycles. The molecule has 0 aromatic heterocycles. The molecule has 0 amide bonds. The zero-order valence-corrected chi connectivity index (χ0v) is 13.2. The summed E-state index contributed by atoms with van der Waals surface area (Å²) >= 11 is 0. The molecule has 0 aromatic rings. The summed E-state index contributed by atoms with van der Waals surface area (Å²) in [6.45, 7) is 0.585. The van der Waals surface area contributed by atoms with E-state index in [2.05, 4.69) is 11.8 Å². The van der Waals surface area contributed by atoms with Crippen LogP contribution in [0.5, 0.6) is 0 Å². The van der Waals surface area contributed by atoms with Crippen LogP contribution in [0.15, 0.2) is 12.2 Å². The van der Waals surface area contributed by atoms with Gasteiger partial charge in [0.05, 0.1) is 18.4 Å². The maximum Gasteiger partial charge on any atom is 0.313 e. The normalized spacial score (nSPS) is 18.5. The van der Waals surface area contributed by atoms with Crippen molar-refractivity contribution in [1.29, 1.82) is 0 Å². The third-order valence-corrected chi connectivity index (χ3v) is 3.08. The van der Waals surface area contributed by atoms with Gasteiger partial charge in [-0.15, -0.1) is 0 Å². The van der Waals surface area contributed by atoms with Gasteiger partial charge in [-0.2, -0.15) is 0 Å². The van der Waals surface area contributed by atoms with Crippen molar-refractivity contribution in [3.05, 3.63) is 75.4 Å². The largest absolute Gasteiger partial charge is 0.465 e. The first-order valence-electron chi connectivity index (χ1n) is 7.68. The first kappa shape index (κ1) is 18.6. The van der Waals surface area contributed by atoms with Gasteiger partial charge in [0.15, 0.2) is 0 Å². The van der Waals surface area contributed by atoms with E-state index in [9.17, 15) is 9.59 Å². The van der Waals surface area contributed by atoms with E-state index in [0.29, 0.717) is 31.3 Å². The molecule has 0 aromatic carbocycles. The van der Waals surface area contributed by atoms with Crippen molar-refractivity contribution in [2.45, 2.75) is 12.8 Å². The highest BCUT2D eigenvalue weighted by molar-refractivity contribution is 5.91. The van der Waals surface area contributed by atoms with E-state index in [1.54, 1.807) is 57.4 Å². The summed E-state index contributed by atoms with van der Waals surface area (Å²) in [6, 6.07) is 0. The molecule has 0 bridgehead atoms. The van der Waals surface area contributed by atoms with Crippen LogP contribution < -0.4 is 0 Å². The molecule has 122 valence electrons. The molecule has 2 fully saturated rings. The molecule has 2 rings (SSSR count). The molecule has 24 heavy (non-hydrogen) atoms. The first-order chi connectivity index (χ1) is 11.8. The Kier molecular flexibility index (Phi) is 8.45. The van der Waals surface area contributed by atoms with E-state index in [0.717, 1.165) is 0 Å². The van der Waals surface area contributed by atoms with Crippen molar-refractivity contribution in [2.24, 2.45) is 0 Å². The number of ether oxygens (including phenoxy) is 2. The van der Waals surface area contributed by atoms with Gasteiger partial charge in [0.25, 0.3) is 0 Å². The SMILES string of the molecule is O=C(OCCC#C/C=C\CCOC(=O)[C]1[CH][CH][CH][CH]1)[C]1[CH][CH][CH][CH]1. The van der Waals surface area contributed by atoms with Crippen molar-refractivity contribution >= 4 is 11.9 Å². The second-order valence-electron chi connectivity index (χ2n) is 4.88. The average Bonchev–Trinajstić information content (AvgIpc) is 3.29. The van der Waals surface area contributed by atoms with E-state index < -0.39 is 0 Å². The molecule has 0 spiro atoms. The summed E-state index contributed by atoms with van der Waals surface area (Å²) < 4.78 is 10.2. The fraction of sp³-hybridized carbons (Fsp3) is 0.200. The molecule has 2 saturated carbocycles. The number of allylic oxidation sites excluding steroid dienone is 1. The van der Waals surface area contributed by atoms with Gasteiger partial charge in [-0.05, 0) is 57.4 Å². The van der Waals surface area contributed by atoms with Gasteiger partial charge in [-0.1, -0.05) is 17.9 Å². The van der Waals surface area contributed by atoms with Crippen LogP contribution in [-0.4, -0.2) is 25.2 Å². The number of rotatable bonds is 7. The van der Waals surface area contributed by atoms with Crippen molar-refractivity contribution in [3.63, 3.8) is 0 Å². The summed E-state index contributed by atoms with van der Waals surface area (Å²) in [5, 5.41) is 0. The minimum Gasteiger partial charge on any atom is -0.465 e. The van der Waals surface area contributed by atoms with E-state index >= 15 is 0 Å². The summed E-state index contributed by atoms with van der Waals surface area (Å²) in [4.78, 5) is 23.1. The highest BCUT2D eigenvalue weighted by atomic mass is 16.5. The second-order valence-corrected chi connectivity index (χ2v) is 4.88. The molecule has 4 heteroatoms. The maximum absolute atomic E-state index is 11.5. The lowest BCUT2D eigenvalue weighted by Crippen LogP contribution is -2.14. The van der Waals surface area contributed by atoms with E-state index in [1.165, 1.54) is 0 Å². The van der Waals surface area contributed by atoms with Gasteiger partial charge in [0.2, 0.25) is 0 Å². The lowest BCUT2D eigenvalue weighted by Gasteiger charge is -2.06. The number of hydrogen-bond donors (Lipinski definition) is 0. The van der Waals surface area contributed by atoms with Gasteiger partial charge >= 0.3 is 11.9 Å². The second kappa shape index (κ2) is 10.9. The van der Waals surface area contributed by atoms with Gasteiger partial charge < -0.3 is 9.47 Å². The van der Waals surface area contributed by atoms with Crippen LogP contribution in [-0.2, 0) is 19.1 Å². The Labute approximate surface area is 145 Å². The lowest BCUT2D eigenvalue weighted by molar-refractivity contribution is -0.141. The minimum atomic E-state index is -0.330. The standard InChI is InChI=1S/C20H18O4/c21-19(17-11-5-6-12-17)23-15-9-3-1-2-4-10-16-24-20(22)18-13-7-8-14-18/h1,3,5-8,11-14H,9-10,15-16H2/b3-1-. The van der Waals surface area contributed by atoms with Crippen LogP contribution in [0.3, 0.4) is 0 Å². The van der Waals surface area contributed by atoms with Gasteiger partial charge in [-0.25, -0.2) is 0 Å². The number of carbonyl (C=O) groups excluding carboxylic acids is 2. The van der Waals surface area contributed by atoms with E-state index in [4.69, 9.17) is 9.47 Å². The Balaban J connectivity index is 1.46. The molecular formula is C20H18O4. The Hall–Kier alpha value is -1.76. The summed E-state index contributed by atoms with van der Waals surface area (Å²) in [7, 11) is 0. The van der Waals surface area contributed by atoms with Crippen molar-refractivity contribution in [1.82, 2.24) is 0 Å².